The smallest absolute Gasteiger partial charge is 0.241 e. The third-order valence-corrected chi connectivity index (χ3v) is 6.12. The molecule has 0 unspecified atom stereocenters. The van der Waals surface area contributed by atoms with Gasteiger partial charge >= 0.3 is 0 Å². The molecule has 0 radical (unpaired) electrons. The van der Waals surface area contributed by atoms with Gasteiger partial charge in [0, 0.05) is 24.8 Å². The number of rotatable bonds is 7. The molecular weight excluding hydrogens is 362 g/mol. The highest BCUT2D eigenvalue weighted by Gasteiger charge is 2.25. The van der Waals surface area contributed by atoms with Crippen LogP contribution in [0.1, 0.15) is 18.4 Å². The van der Waals surface area contributed by atoms with E-state index in [1.807, 2.05) is 31.2 Å². The molecular formula is C20H25N3O3S. The number of carbonyl (C=O) groups excluding carboxylic acids is 1. The molecule has 1 amide bonds. The van der Waals surface area contributed by atoms with Crippen LogP contribution in [0.3, 0.4) is 0 Å². The van der Waals surface area contributed by atoms with Crippen molar-refractivity contribution in [2.45, 2.75) is 30.7 Å². The summed E-state index contributed by atoms with van der Waals surface area (Å²) >= 11 is 0. The van der Waals surface area contributed by atoms with Crippen LogP contribution in [0.5, 0.6) is 0 Å². The molecule has 0 bridgehead atoms. The molecule has 6 nitrogen and oxygen atoms in total. The summed E-state index contributed by atoms with van der Waals surface area (Å²) in [5.74, 6) is -0.328. The van der Waals surface area contributed by atoms with Crippen LogP contribution in [0, 0.1) is 6.92 Å². The number of para-hydroxylation sites is 1. The second-order valence-corrected chi connectivity index (χ2v) is 8.54. The van der Waals surface area contributed by atoms with Crippen molar-refractivity contribution >= 4 is 21.6 Å². The first-order valence-corrected chi connectivity index (χ1v) is 10.6. The number of aryl methyl sites for hydroxylation is 1. The summed E-state index contributed by atoms with van der Waals surface area (Å²) in [5, 5.41) is 2.85. The lowest BCUT2D eigenvalue weighted by molar-refractivity contribution is -0.120. The van der Waals surface area contributed by atoms with Gasteiger partial charge in [0.15, 0.2) is 0 Å². The van der Waals surface area contributed by atoms with Crippen LogP contribution in [0.4, 0.5) is 5.69 Å². The largest absolute Gasteiger partial charge is 0.367 e. The van der Waals surface area contributed by atoms with Crippen LogP contribution in [0.15, 0.2) is 59.5 Å². The predicted molar refractivity (Wildman–Crippen MR) is 106 cm³/mol. The quantitative estimate of drug-likeness (QED) is 0.762. The predicted octanol–water partition coefficient (Wildman–Crippen LogP) is 2.06. The number of carbonyl (C=O) groups is 1. The fourth-order valence-electron chi connectivity index (χ4n) is 3.33. The van der Waals surface area contributed by atoms with E-state index in [4.69, 9.17) is 0 Å². The fraction of sp³-hybridized carbons (Fsp3) is 0.350. The van der Waals surface area contributed by atoms with E-state index in [0.29, 0.717) is 6.54 Å². The SMILES string of the molecule is Cc1cccc(S(=O)(=O)NCC(=O)NC[C@H]2CCCN2c2ccccc2)c1. The molecule has 1 fully saturated rings. The van der Waals surface area contributed by atoms with Crippen LogP contribution in [0.25, 0.3) is 0 Å². The molecule has 0 saturated carbocycles. The molecule has 1 atom stereocenters. The zero-order chi connectivity index (χ0) is 19.3. The van der Waals surface area contributed by atoms with Crippen molar-refractivity contribution in [2.75, 3.05) is 24.5 Å². The molecule has 0 aliphatic carbocycles. The summed E-state index contributed by atoms with van der Waals surface area (Å²) in [6.45, 7) is 3.02. The molecule has 1 aliphatic heterocycles. The Balaban J connectivity index is 1.51. The molecule has 2 N–H and O–H groups in total. The molecule has 1 saturated heterocycles. The van der Waals surface area contributed by atoms with E-state index in [2.05, 4.69) is 27.1 Å². The van der Waals surface area contributed by atoms with Crippen molar-refractivity contribution in [3.05, 3.63) is 60.2 Å². The van der Waals surface area contributed by atoms with Gasteiger partial charge in [0.05, 0.1) is 11.4 Å². The Labute approximate surface area is 160 Å². The van der Waals surface area contributed by atoms with Crippen molar-refractivity contribution in [3.63, 3.8) is 0 Å². The van der Waals surface area contributed by atoms with Crippen LogP contribution < -0.4 is 14.9 Å². The topological polar surface area (TPSA) is 78.5 Å². The van der Waals surface area contributed by atoms with E-state index in [9.17, 15) is 13.2 Å². The van der Waals surface area contributed by atoms with E-state index in [0.717, 1.165) is 30.6 Å². The van der Waals surface area contributed by atoms with E-state index < -0.39 is 10.0 Å². The van der Waals surface area contributed by atoms with Crippen molar-refractivity contribution < 1.29 is 13.2 Å². The maximum atomic E-state index is 12.3. The summed E-state index contributed by atoms with van der Waals surface area (Å²) in [5.41, 5.74) is 2.00. The van der Waals surface area contributed by atoms with Gasteiger partial charge in [-0.25, -0.2) is 13.1 Å². The van der Waals surface area contributed by atoms with Crippen LogP contribution in [0.2, 0.25) is 0 Å². The number of anilines is 1. The van der Waals surface area contributed by atoms with Crippen LogP contribution >= 0.6 is 0 Å². The average Bonchev–Trinajstić information content (AvgIpc) is 3.14. The number of benzene rings is 2. The molecule has 3 rings (SSSR count). The summed E-state index contributed by atoms with van der Waals surface area (Å²) in [6.07, 6.45) is 2.08. The van der Waals surface area contributed by atoms with E-state index in [1.165, 1.54) is 6.07 Å². The maximum absolute atomic E-state index is 12.3. The number of hydrogen-bond donors (Lipinski definition) is 2. The molecule has 7 heteroatoms. The molecule has 2 aromatic carbocycles. The lowest BCUT2D eigenvalue weighted by Gasteiger charge is -2.27. The van der Waals surface area contributed by atoms with Crippen molar-refractivity contribution in [1.29, 1.82) is 0 Å². The minimum Gasteiger partial charge on any atom is -0.367 e. The summed E-state index contributed by atoms with van der Waals surface area (Å²) in [7, 11) is -3.69. The van der Waals surface area contributed by atoms with Gasteiger partial charge in [0.1, 0.15) is 0 Å². The summed E-state index contributed by atoms with van der Waals surface area (Å²) in [6, 6.07) is 17.0. The molecule has 2 aromatic rings. The van der Waals surface area contributed by atoms with Crippen molar-refractivity contribution in [2.24, 2.45) is 0 Å². The van der Waals surface area contributed by atoms with Gasteiger partial charge in [-0.2, -0.15) is 0 Å². The Morgan fingerprint density at radius 3 is 2.67 bits per heavy atom. The molecule has 0 aromatic heterocycles. The van der Waals surface area contributed by atoms with Crippen LogP contribution in [-0.4, -0.2) is 40.0 Å². The Hall–Kier alpha value is -2.38. The van der Waals surface area contributed by atoms with Gasteiger partial charge in [-0.3, -0.25) is 4.79 Å². The average molecular weight is 388 g/mol. The monoisotopic (exact) mass is 387 g/mol. The highest BCUT2D eigenvalue weighted by molar-refractivity contribution is 7.89. The third-order valence-electron chi connectivity index (χ3n) is 4.72. The second kappa shape index (κ2) is 8.54. The highest BCUT2D eigenvalue weighted by Crippen LogP contribution is 2.24. The Morgan fingerprint density at radius 2 is 1.93 bits per heavy atom. The number of nitrogens with one attached hydrogen (secondary N) is 2. The Bertz CT molecular complexity index is 884. The van der Waals surface area contributed by atoms with Gasteiger partial charge in [-0.05, 0) is 49.6 Å². The normalized spacial score (nSPS) is 17.1. The van der Waals surface area contributed by atoms with Gasteiger partial charge in [-0.1, -0.05) is 30.3 Å². The second-order valence-electron chi connectivity index (χ2n) is 6.77. The summed E-state index contributed by atoms with van der Waals surface area (Å²) in [4.78, 5) is 14.6. The molecule has 27 heavy (non-hydrogen) atoms. The Kier molecular flexibility index (Phi) is 6.13. The Morgan fingerprint density at radius 1 is 1.15 bits per heavy atom. The minimum atomic E-state index is -3.69. The first kappa shape index (κ1) is 19.4. The number of sulfonamides is 1. The lowest BCUT2D eigenvalue weighted by Crippen LogP contribution is -2.43. The summed E-state index contributed by atoms with van der Waals surface area (Å²) < 4.78 is 26.9. The fourth-order valence-corrected chi connectivity index (χ4v) is 4.41. The van der Waals surface area contributed by atoms with Gasteiger partial charge in [-0.15, -0.1) is 0 Å². The third kappa shape index (κ3) is 5.08. The van der Waals surface area contributed by atoms with Gasteiger partial charge in [0.2, 0.25) is 15.9 Å². The molecule has 144 valence electrons. The van der Waals surface area contributed by atoms with E-state index >= 15 is 0 Å². The zero-order valence-electron chi connectivity index (χ0n) is 15.4. The zero-order valence-corrected chi connectivity index (χ0v) is 16.2. The molecule has 0 spiro atoms. The number of amides is 1. The first-order chi connectivity index (χ1) is 13.0. The first-order valence-electron chi connectivity index (χ1n) is 9.10. The standard InChI is InChI=1S/C20H25N3O3S/c1-16-7-5-11-19(13-16)27(25,26)22-15-20(24)21-14-18-10-6-12-23(18)17-8-3-2-4-9-17/h2-5,7-9,11,13,18,22H,6,10,12,14-15H2,1H3,(H,21,24)/t18-/m1/s1. The van der Waals surface area contributed by atoms with Gasteiger partial charge in [0.25, 0.3) is 0 Å². The lowest BCUT2D eigenvalue weighted by atomic mass is 10.2. The molecule has 1 aliphatic rings. The van der Waals surface area contributed by atoms with Crippen LogP contribution in [-0.2, 0) is 14.8 Å². The maximum Gasteiger partial charge on any atom is 0.241 e. The van der Waals surface area contributed by atoms with E-state index in [-0.39, 0.29) is 23.4 Å². The van der Waals surface area contributed by atoms with Crippen molar-refractivity contribution in [3.8, 4) is 0 Å². The van der Waals surface area contributed by atoms with E-state index in [1.54, 1.807) is 12.1 Å². The minimum absolute atomic E-state index is 0.168. The van der Waals surface area contributed by atoms with Crippen molar-refractivity contribution in [1.82, 2.24) is 10.0 Å². The molecule has 1 heterocycles. The number of nitrogens with zero attached hydrogens (tertiary/aromatic N) is 1. The highest BCUT2D eigenvalue weighted by atomic mass is 32.2. The van der Waals surface area contributed by atoms with Gasteiger partial charge < -0.3 is 10.2 Å². The number of hydrogen-bond acceptors (Lipinski definition) is 4.